The Hall–Kier alpha value is -5.34. The average Bonchev–Trinajstić information content (AvgIpc) is 3.08. The van der Waals surface area contributed by atoms with Gasteiger partial charge in [0.15, 0.2) is 0 Å². The van der Waals surface area contributed by atoms with E-state index in [-0.39, 0.29) is 24.6 Å². The molecule has 0 saturated carbocycles. The minimum Gasteiger partial charge on any atom is -0.465 e. The molecule has 4 aromatic carbocycles. The van der Waals surface area contributed by atoms with Gasteiger partial charge in [-0.05, 0) is 72.8 Å². The first kappa shape index (κ1) is 37.8. The molecule has 12 nitrogen and oxygen atoms in total. The summed E-state index contributed by atoms with van der Waals surface area (Å²) in [6.07, 6.45) is 0. The highest BCUT2D eigenvalue weighted by atomic mass is 32.2. The van der Waals surface area contributed by atoms with Gasteiger partial charge in [-0.15, -0.1) is 0 Å². The van der Waals surface area contributed by atoms with E-state index in [0.717, 1.165) is 14.7 Å². The molecular weight excluding hydrogens is 649 g/mol. The first-order valence-corrected chi connectivity index (χ1v) is 14.7. The quantitative estimate of drug-likeness (QED) is 0.0633. The van der Waals surface area contributed by atoms with E-state index < -0.39 is 22.8 Å². The molecule has 0 spiro atoms. The number of nitrogens with two attached hydrogens (primary N) is 1. The number of anilines is 1. The second kappa shape index (κ2) is 18.0. The third-order valence-electron chi connectivity index (χ3n) is 5.99. The van der Waals surface area contributed by atoms with Gasteiger partial charge in [0.1, 0.15) is 0 Å². The minimum atomic E-state index is -0.660. The summed E-state index contributed by atoms with van der Waals surface area (Å²) in [6.45, 7) is 0. The molecule has 0 aliphatic rings. The Labute approximate surface area is 279 Å². The molecule has 0 bridgehead atoms. The Morgan fingerprint density at radius 1 is 0.596 bits per heavy atom. The summed E-state index contributed by atoms with van der Waals surface area (Å²) in [4.78, 5) is 59.6. The third kappa shape index (κ3) is 10.3. The van der Waals surface area contributed by atoms with E-state index in [9.17, 15) is 29.3 Å². The van der Waals surface area contributed by atoms with Gasteiger partial charge < -0.3 is 24.7 Å². The van der Waals surface area contributed by atoms with Crippen molar-refractivity contribution in [3.63, 3.8) is 0 Å². The number of methoxy groups -OCH3 is 4. The fourth-order valence-electron chi connectivity index (χ4n) is 3.70. The second-order valence-electron chi connectivity index (χ2n) is 8.91. The van der Waals surface area contributed by atoms with Gasteiger partial charge in [-0.3, -0.25) is 10.1 Å². The number of carbonyl (C=O) groups is 4. The van der Waals surface area contributed by atoms with E-state index in [1.165, 1.54) is 70.2 Å². The molecule has 0 aliphatic heterocycles. The van der Waals surface area contributed by atoms with Crippen LogP contribution in [0.25, 0.3) is 0 Å². The molecule has 2 N–H and O–H groups in total. The van der Waals surface area contributed by atoms with Crippen LogP contribution in [0.5, 0.6) is 0 Å². The maximum atomic E-state index is 11.9. The molecular formula is C33H32N2O10S2. The van der Waals surface area contributed by atoms with E-state index in [2.05, 4.69) is 14.2 Å². The lowest BCUT2D eigenvalue weighted by Crippen LogP contribution is -2.04. The predicted octanol–water partition coefficient (Wildman–Crippen LogP) is 6.95. The molecule has 0 saturated heterocycles. The van der Waals surface area contributed by atoms with E-state index in [0.29, 0.717) is 27.3 Å². The first-order valence-electron chi connectivity index (χ1n) is 13.1. The van der Waals surface area contributed by atoms with Crippen molar-refractivity contribution in [1.82, 2.24) is 0 Å². The summed E-state index contributed by atoms with van der Waals surface area (Å²) < 4.78 is 18.7. The van der Waals surface area contributed by atoms with Gasteiger partial charge in [-0.1, -0.05) is 31.0 Å². The van der Waals surface area contributed by atoms with Gasteiger partial charge in [0, 0.05) is 37.4 Å². The topological polar surface area (TPSA) is 174 Å². The highest BCUT2D eigenvalue weighted by Crippen LogP contribution is 2.34. The fourth-order valence-corrected chi connectivity index (χ4v) is 5.53. The Balaban J connectivity index is 0.000000321. The molecule has 4 aromatic rings. The summed E-state index contributed by atoms with van der Waals surface area (Å²) in [7, 11) is 5.17. The number of nitrogens with zero attached hydrogens (tertiary/aromatic N) is 1. The molecule has 0 radical (unpaired) electrons. The maximum absolute atomic E-state index is 11.9. The molecule has 0 unspecified atom stereocenters. The van der Waals surface area contributed by atoms with Crippen LogP contribution in [0.4, 0.5) is 11.4 Å². The number of carbonyl (C=O) groups excluding carboxylic acids is 4. The highest BCUT2D eigenvalue weighted by Gasteiger charge is 2.18. The molecule has 0 aliphatic carbocycles. The summed E-state index contributed by atoms with van der Waals surface area (Å²) in [5.41, 5.74) is 7.39. The van der Waals surface area contributed by atoms with Crippen LogP contribution in [-0.2, 0) is 18.9 Å². The molecule has 0 fully saturated rings. The van der Waals surface area contributed by atoms with Crippen molar-refractivity contribution >= 4 is 58.8 Å². The number of ether oxygens (including phenoxy) is 4. The average molecular weight is 681 g/mol. The maximum Gasteiger partial charge on any atom is 0.339 e. The lowest BCUT2D eigenvalue weighted by molar-refractivity contribution is -0.384. The number of non-ortho nitro benzene ring substituents is 1. The van der Waals surface area contributed by atoms with Crippen LogP contribution in [0, 0.1) is 10.1 Å². The number of nitrogen functional groups attached to an aromatic ring is 1. The molecule has 4 rings (SSSR count). The Morgan fingerprint density at radius 2 is 0.979 bits per heavy atom. The van der Waals surface area contributed by atoms with Crippen molar-refractivity contribution in [1.29, 1.82) is 0 Å². The molecule has 47 heavy (non-hydrogen) atoms. The molecule has 14 heteroatoms. The van der Waals surface area contributed by atoms with Crippen molar-refractivity contribution in [3.8, 4) is 0 Å². The molecule has 0 aromatic heterocycles. The Morgan fingerprint density at radius 3 is 1.36 bits per heavy atom. The smallest absolute Gasteiger partial charge is 0.339 e. The van der Waals surface area contributed by atoms with Crippen molar-refractivity contribution in [2.45, 2.75) is 27.0 Å². The number of nitro benzene ring substituents is 1. The number of rotatable bonds is 9. The van der Waals surface area contributed by atoms with Crippen molar-refractivity contribution in [2.24, 2.45) is 0 Å². The fraction of sp³-hybridized carbons (Fsp3) is 0.152. The van der Waals surface area contributed by atoms with Crippen LogP contribution >= 0.6 is 23.5 Å². The first-order chi connectivity index (χ1) is 22.0. The monoisotopic (exact) mass is 680 g/mol. The minimum absolute atomic E-state index is 0. The van der Waals surface area contributed by atoms with Crippen molar-refractivity contribution in [2.75, 3.05) is 34.2 Å². The molecule has 0 amide bonds. The number of hydrogen-bond acceptors (Lipinski definition) is 13. The SMILES string of the molecule is C.COC(=O)c1ccc(Sc2ccc(N)cc2C(=O)OC)cc1.COC(=O)c1ccc(Sc2ccc([N+](=O)[O-])cc2C(=O)OC)cc1. The summed E-state index contributed by atoms with van der Waals surface area (Å²) in [5.74, 6) is -1.94. The Bertz CT molecular complexity index is 1740. The van der Waals surface area contributed by atoms with Crippen LogP contribution in [0.2, 0.25) is 0 Å². The van der Waals surface area contributed by atoms with E-state index in [4.69, 9.17) is 10.5 Å². The van der Waals surface area contributed by atoms with Gasteiger partial charge in [-0.25, -0.2) is 19.2 Å². The standard InChI is InChI=1S/C16H13NO6S.C16H15NO4S.CH4/c1-22-15(18)10-3-6-12(7-4-10)24-14-8-5-11(17(20)21)9-13(14)16(19)23-2;1-20-15(18)10-3-6-12(7-4-10)22-14-8-5-11(17)9-13(14)16(19)21-2;/h3-9H,1-2H3;3-9H,17H2,1-2H3;1H4. The summed E-state index contributed by atoms with van der Waals surface area (Å²) in [6, 6.07) is 22.5. The normalized spacial score (nSPS) is 9.87. The largest absolute Gasteiger partial charge is 0.465 e. The van der Waals surface area contributed by atoms with Gasteiger partial charge in [0.05, 0.1) is 55.6 Å². The molecule has 0 atom stereocenters. The number of esters is 4. The van der Waals surface area contributed by atoms with Gasteiger partial charge in [0.25, 0.3) is 5.69 Å². The molecule has 246 valence electrons. The summed E-state index contributed by atoms with van der Waals surface area (Å²) >= 11 is 2.62. The Kier molecular flexibility index (Phi) is 14.5. The van der Waals surface area contributed by atoms with Crippen LogP contribution in [-0.4, -0.2) is 57.2 Å². The van der Waals surface area contributed by atoms with Gasteiger partial charge in [-0.2, -0.15) is 0 Å². The highest BCUT2D eigenvalue weighted by molar-refractivity contribution is 7.99. The zero-order chi connectivity index (χ0) is 33.8. The zero-order valence-corrected chi connectivity index (χ0v) is 26.6. The molecule has 0 heterocycles. The van der Waals surface area contributed by atoms with Crippen LogP contribution in [0.3, 0.4) is 0 Å². The van der Waals surface area contributed by atoms with Crippen LogP contribution in [0.15, 0.2) is 105 Å². The predicted molar refractivity (Wildman–Crippen MR) is 177 cm³/mol. The number of nitro groups is 1. The van der Waals surface area contributed by atoms with Crippen LogP contribution < -0.4 is 5.73 Å². The number of hydrogen-bond donors (Lipinski definition) is 1. The van der Waals surface area contributed by atoms with Gasteiger partial charge in [0.2, 0.25) is 0 Å². The van der Waals surface area contributed by atoms with Crippen LogP contribution in [0.1, 0.15) is 48.9 Å². The van der Waals surface area contributed by atoms with Gasteiger partial charge >= 0.3 is 23.9 Å². The lowest BCUT2D eigenvalue weighted by atomic mass is 10.2. The second-order valence-corrected chi connectivity index (χ2v) is 11.1. The van der Waals surface area contributed by atoms with Crippen molar-refractivity contribution in [3.05, 3.63) is 117 Å². The summed E-state index contributed by atoms with van der Waals surface area (Å²) in [5, 5.41) is 10.9. The number of benzene rings is 4. The third-order valence-corrected chi connectivity index (χ3v) is 8.16. The van der Waals surface area contributed by atoms with E-state index >= 15 is 0 Å². The lowest BCUT2D eigenvalue weighted by Gasteiger charge is -2.09. The van der Waals surface area contributed by atoms with Crippen molar-refractivity contribution < 1.29 is 43.0 Å². The van der Waals surface area contributed by atoms with E-state index in [1.54, 1.807) is 66.7 Å². The zero-order valence-electron chi connectivity index (χ0n) is 25.0. The van der Waals surface area contributed by atoms with E-state index in [1.807, 2.05) is 0 Å².